The van der Waals surface area contributed by atoms with E-state index >= 15 is 0 Å². The van der Waals surface area contributed by atoms with Gasteiger partial charge in [-0.15, -0.1) is 0 Å². The zero-order valence-electron chi connectivity index (χ0n) is 12.8. The molecule has 0 N–H and O–H groups in total. The van der Waals surface area contributed by atoms with Crippen LogP contribution in [0.3, 0.4) is 0 Å². The topological polar surface area (TPSA) is 62.3 Å². The second-order valence-electron chi connectivity index (χ2n) is 4.68. The highest BCUT2D eigenvalue weighted by Gasteiger charge is 2.38. The van der Waals surface area contributed by atoms with Crippen molar-refractivity contribution in [1.82, 2.24) is 14.7 Å². The van der Waals surface area contributed by atoms with Gasteiger partial charge in [-0.3, -0.25) is 14.7 Å². The van der Waals surface area contributed by atoms with Crippen LogP contribution in [0.1, 0.15) is 6.92 Å². The van der Waals surface area contributed by atoms with Gasteiger partial charge in [-0.2, -0.15) is 8.42 Å². The molecular formula is C10H26N3O4PS. The summed E-state index contributed by atoms with van der Waals surface area (Å²) >= 11 is 0. The normalized spacial score (nSPS) is 14.4. The van der Waals surface area contributed by atoms with Gasteiger partial charge in [-0.25, -0.2) is 8.15 Å². The van der Waals surface area contributed by atoms with Crippen molar-refractivity contribution in [2.75, 3.05) is 55.1 Å². The summed E-state index contributed by atoms with van der Waals surface area (Å²) in [7, 11) is 7.59. The Kier molecular flexibility index (Phi) is 7.90. The van der Waals surface area contributed by atoms with Gasteiger partial charge < -0.3 is 0 Å². The second kappa shape index (κ2) is 7.83. The Balaban J connectivity index is 4.79. The Labute approximate surface area is 119 Å². The van der Waals surface area contributed by atoms with Crippen LogP contribution in [0.25, 0.3) is 0 Å². The molecule has 1 unspecified atom stereocenters. The Morgan fingerprint density at radius 1 is 1.00 bits per heavy atom. The lowest BCUT2D eigenvalue weighted by Gasteiger charge is -2.49. The van der Waals surface area contributed by atoms with Crippen LogP contribution in [0.15, 0.2) is 0 Å². The van der Waals surface area contributed by atoms with Crippen LogP contribution in [0, 0.1) is 0 Å². The molecule has 7 nitrogen and oxygen atoms in total. The molecule has 0 heterocycles. The molecule has 0 bridgehead atoms. The third kappa shape index (κ3) is 5.23. The van der Waals surface area contributed by atoms with Crippen LogP contribution in [-0.4, -0.2) is 84.0 Å². The number of hydrogen-bond acceptors (Lipinski definition) is 7. The third-order valence-electron chi connectivity index (χ3n) is 2.88. The minimum Gasteiger partial charge on any atom is -0.279 e. The Morgan fingerprint density at radius 3 is 1.74 bits per heavy atom. The number of nitrogens with zero attached hydrogens (tertiary/aromatic N) is 3. The van der Waals surface area contributed by atoms with Crippen LogP contribution in [0.4, 0.5) is 0 Å². The molecule has 0 fully saturated rings. The van der Waals surface area contributed by atoms with Crippen molar-refractivity contribution >= 4 is 19.2 Å². The minimum absolute atomic E-state index is 0.0764. The van der Waals surface area contributed by atoms with E-state index in [1.54, 1.807) is 6.92 Å². The molecule has 0 aliphatic carbocycles. The van der Waals surface area contributed by atoms with Crippen LogP contribution in [0.5, 0.6) is 0 Å². The highest BCUT2D eigenvalue weighted by atomic mass is 32.3. The van der Waals surface area contributed by atoms with Crippen LogP contribution < -0.4 is 0 Å². The number of rotatable bonds is 9. The highest BCUT2D eigenvalue weighted by molar-refractivity contribution is 7.85. The molecule has 0 aliphatic rings. The summed E-state index contributed by atoms with van der Waals surface area (Å²) < 4.78 is 32.1. The van der Waals surface area contributed by atoms with Crippen molar-refractivity contribution in [2.24, 2.45) is 0 Å². The monoisotopic (exact) mass is 315 g/mol. The van der Waals surface area contributed by atoms with Gasteiger partial charge in [0.15, 0.2) is 0 Å². The molecule has 0 saturated heterocycles. The lowest BCUT2D eigenvalue weighted by Crippen LogP contribution is -2.65. The maximum atomic E-state index is 11.3. The standard InChI is InChI=1S/C10H26N3O4PS/c1-8-16-19(14,15)17-18-9-10(11(2)3,12(4)5)13(6)7/h18H,8-9H2,1-7H3. The van der Waals surface area contributed by atoms with E-state index < -0.39 is 16.2 Å². The fraction of sp³-hybridized carbons (Fsp3) is 1.00. The van der Waals surface area contributed by atoms with E-state index in [4.69, 9.17) is 3.97 Å². The van der Waals surface area contributed by atoms with Gasteiger partial charge in [0.05, 0.1) is 6.61 Å². The molecule has 9 heteroatoms. The van der Waals surface area contributed by atoms with Gasteiger partial charge in [0.2, 0.25) is 0 Å². The summed E-state index contributed by atoms with van der Waals surface area (Å²) in [6.07, 6.45) is 0.520. The SMILES string of the molecule is CCOS(=O)(=O)OPCC(N(C)C)(N(C)C)N(C)C. The fourth-order valence-corrected chi connectivity index (χ4v) is 4.48. The first-order valence-electron chi connectivity index (χ1n) is 5.93. The molecule has 1 atom stereocenters. The van der Waals surface area contributed by atoms with E-state index in [0.717, 1.165) is 0 Å². The predicted molar refractivity (Wildman–Crippen MR) is 78.6 cm³/mol. The van der Waals surface area contributed by atoms with E-state index in [0.29, 0.717) is 6.16 Å². The average molecular weight is 315 g/mol. The van der Waals surface area contributed by atoms with Crippen LogP contribution >= 0.6 is 8.81 Å². The quantitative estimate of drug-likeness (QED) is 0.445. The van der Waals surface area contributed by atoms with Gasteiger partial charge in [-0.1, -0.05) is 0 Å². The maximum Gasteiger partial charge on any atom is 0.402 e. The van der Waals surface area contributed by atoms with E-state index in [1.165, 1.54) is 0 Å². The minimum atomic E-state index is -3.87. The number of hydrogen-bond donors (Lipinski definition) is 0. The first-order valence-corrected chi connectivity index (χ1v) is 8.38. The van der Waals surface area contributed by atoms with Crippen LogP contribution in [0.2, 0.25) is 0 Å². The molecule has 0 saturated carbocycles. The molecule has 0 aromatic rings. The van der Waals surface area contributed by atoms with Gasteiger partial charge in [0.1, 0.15) is 5.79 Å². The molecular weight excluding hydrogens is 289 g/mol. The first-order chi connectivity index (χ1) is 8.60. The lowest BCUT2D eigenvalue weighted by molar-refractivity contribution is -0.0888. The first kappa shape index (κ1) is 19.2. The molecule has 0 radical (unpaired) electrons. The maximum absolute atomic E-state index is 11.3. The molecule has 116 valence electrons. The molecule has 0 amide bonds. The Morgan fingerprint density at radius 2 is 1.42 bits per heavy atom. The summed E-state index contributed by atoms with van der Waals surface area (Å²) in [5, 5.41) is 0. The smallest absolute Gasteiger partial charge is 0.279 e. The summed E-state index contributed by atoms with van der Waals surface area (Å²) in [6, 6.07) is 0. The van der Waals surface area contributed by atoms with Gasteiger partial charge in [0, 0.05) is 15.0 Å². The molecule has 19 heavy (non-hydrogen) atoms. The molecule has 0 rings (SSSR count). The zero-order valence-corrected chi connectivity index (χ0v) is 14.6. The summed E-state index contributed by atoms with van der Waals surface area (Å²) in [5.74, 6) is -0.416. The summed E-state index contributed by atoms with van der Waals surface area (Å²) in [6.45, 7) is 1.68. The Bertz CT molecular complexity index is 338. The van der Waals surface area contributed by atoms with Crippen molar-refractivity contribution in [3.63, 3.8) is 0 Å². The predicted octanol–water partition coefficient (Wildman–Crippen LogP) is 0.216. The second-order valence-corrected chi connectivity index (χ2v) is 7.04. The van der Waals surface area contributed by atoms with Crippen molar-refractivity contribution in [3.8, 4) is 0 Å². The molecule has 0 aromatic carbocycles. The van der Waals surface area contributed by atoms with E-state index in [2.05, 4.69) is 4.18 Å². The van der Waals surface area contributed by atoms with Crippen LogP contribution in [-0.2, 0) is 18.6 Å². The van der Waals surface area contributed by atoms with Crippen molar-refractivity contribution in [3.05, 3.63) is 0 Å². The third-order valence-corrected chi connectivity index (χ3v) is 5.31. The van der Waals surface area contributed by atoms with Crippen molar-refractivity contribution in [2.45, 2.75) is 12.7 Å². The zero-order chi connectivity index (χ0) is 15.3. The van der Waals surface area contributed by atoms with Gasteiger partial charge in [-0.05, 0) is 49.2 Å². The average Bonchev–Trinajstić information content (AvgIpc) is 2.22. The van der Waals surface area contributed by atoms with Gasteiger partial charge >= 0.3 is 10.4 Å². The molecule has 0 aromatic heterocycles. The molecule has 0 spiro atoms. The fourth-order valence-electron chi connectivity index (χ4n) is 2.04. The van der Waals surface area contributed by atoms with Crippen molar-refractivity contribution < 1.29 is 16.6 Å². The van der Waals surface area contributed by atoms with E-state index in [-0.39, 0.29) is 15.4 Å². The van der Waals surface area contributed by atoms with Crippen molar-refractivity contribution in [1.29, 1.82) is 0 Å². The van der Waals surface area contributed by atoms with E-state index in [9.17, 15) is 8.42 Å². The summed E-state index contributed by atoms with van der Waals surface area (Å²) in [5.41, 5.74) is 0. The molecule has 0 aliphatic heterocycles. The van der Waals surface area contributed by atoms with Gasteiger partial charge in [0.25, 0.3) is 0 Å². The summed E-state index contributed by atoms with van der Waals surface area (Å²) in [4.78, 5) is 6.07. The Hall–Kier alpha value is 0.180. The van der Waals surface area contributed by atoms with E-state index in [1.807, 2.05) is 57.0 Å². The largest absolute Gasteiger partial charge is 0.402 e. The highest BCUT2D eigenvalue weighted by Crippen LogP contribution is 2.29. The lowest BCUT2D eigenvalue weighted by atomic mass is 10.3.